The first kappa shape index (κ1) is 14.8. The minimum Gasteiger partial charge on any atom is -0.481 e. The van der Waals surface area contributed by atoms with Gasteiger partial charge in [0.05, 0.1) is 19.1 Å². The number of carbonyl (C=O) groups is 2. The molecule has 0 saturated carbocycles. The van der Waals surface area contributed by atoms with Crippen molar-refractivity contribution in [3.05, 3.63) is 0 Å². The summed E-state index contributed by atoms with van der Waals surface area (Å²) in [6, 6.07) is -0.0480. The third-order valence-electron chi connectivity index (χ3n) is 3.18. The van der Waals surface area contributed by atoms with Gasteiger partial charge in [-0.25, -0.2) is 4.79 Å². The number of hydrogen-bond donors (Lipinski definition) is 2. The van der Waals surface area contributed by atoms with E-state index in [0.29, 0.717) is 25.6 Å². The van der Waals surface area contributed by atoms with Crippen LogP contribution in [0.5, 0.6) is 0 Å². The number of carbonyl (C=O) groups excluding carboxylic acids is 1. The maximum absolute atomic E-state index is 12.0. The van der Waals surface area contributed by atoms with Crippen molar-refractivity contribution in [2.45, 2.75) is 39.3 Å². The van der Waals surface area contributed by atoms with Gasteiger partial charge in [0.1, 0.15) is 0 Å². The van der Waals surface area contributed by atoms with Gasteiger partial charge in [-0.2, -0.15) is 0 Å². The molecule has 0 aliphatic carbocycles. The lowest BCUT2D eigenvalue weighted by Gasteiger charge is -2.33. The number of carboxylic acid groups (broad SMARTS) is 1. The fraction of sp³-hybridized carbons (Fsp3) is 0.833. The molecule has 2 N–H and O–H groups in total. The summed E-state index contributed by atoms with van der Waals surface area (Å²) < 4.78 is 5.32. The standard InChI is InChI=1S/C12H22N2O4/c1-8(2)9(3)13-12(17)14-4-5-18-10(7-14)6-11(15)16/h8-10H,4-7H2,1-3H3,(H,13,17)(H,15,16). The summed E-state index contributed by atoms with van der Waals surface area (Å²) in [5.74, 6) is -0.539. The van der Waals surface area contributed by atoms with Crippen LogP contribution < -0.4 is 5.32 Å². The molecule has 18 heavy (non-hydrogen) atoms. The molecular formula is C12H22N2O4. The van der Waals surface area contributed by atoms with Gasteiger partial charge in [-0.1, -0.05) is 13.8 Å². The first-order chi connectivity index (χ1) is 8.40. The fourth-order valence-electron chi connectivity index (χ4n) is 1.67. The van der Waals surface area contributed by atoms with E-state index in [1.54, 1.807) is 4.90 Å². The zero-order valence-electron chi connectivity index (χ0n) is 11.2. The highest BCUT2D eigenvalue weighted by molar-refractivity contribution is 5.75. The lowest BCUT2D eigenvalue weighted by atomic mass is 10.1. The summed E-state index contributed by atoms with van der Waals surface area (Å²) in [4.78, 5) is 24.2. The molecule has 1 saturated heterocycles. The van der Waals surface area contributed by atoms with E-state index >= 15 is 0 Å². The van der Waals surface area contributed by atoms with Gasteiger partial charge in [0, 0.05) is 19.1 Å². The number of nitrogens with one attached hydrogen (secondary N) is 1. The van der Waals surface area contributed by atoms with E-state index < -0.39 is 12.1 Å². The minimum absolute atomic E-state index is 0.0660. The number of nitrogens with zero attached hydrogens (tertiary/aromatic N) is 1. The zero-order chi connectivity index (χ0) is 13.7. The van der Waals surface area contributed by atoms with Gasteiger partial charge in [-0.3, -0.25) is 4.79 Å². The van der Waals surface area contributed by atoms with Crippen LogP contribution in [0.15, 0.2) is 0 Å². The van der Waals surface area contributed by atoms with E-state index in [2.05, 4.69) is 5.32 Å². The monoisotopic (exact) mass is 258 g/mol. The number of ether oxygens (including phenoxy) is 1. The van der Waals surface area contributed by atoms with Gasteiger partial charge >= 0.3 is 12.0 Å². The molecule has 1 aliphatic rings. The van der Waals surface area contributed by atoms with Crippen molar-refractivity contribution < 1.29 is 19.4 Å². The Labute approximate surface area is 107 Å². The lowest BCUT2D eigenvalue weighted by molar-refractivity contribution is -0.141. The van der Waals surface area contributed by atoms with Gasteiger partial charge in [-0.05, 0) is 12.8 Å². The van der Waals surface area contributed by atoms with Crippen LogP contribution in [-0.2, 0) is 9.53 Å². The topological polar surface area (TPSA) is 78.9 Å². The number of rotatable bonds is 4. The Kier molecular flexibility index (Phi) is 5.40. The van der Waals surface area contributed by atoms with Gasteiger partial charge in [-0.15, -0.1) is 0 Å². The molecule has 0 aromatic rings. The Morgan fingerprint density at radius 2 is 2.11 bits per heavy atom. The SMILES string of the molecule is CC(C)C(C)NC(=O)N1CCOC(CC(=O)O)C1. The van der Waals surface area contributed by atoms with Gasteiger partial charge in [0.25, 0.3) is 0 Å². The van der Waals surface area contributed by atoms with Crippen LogP contribution in [0.1, 0.15) is 27.2 Å². The van der Waals surface area contributed by atoms with Crippen molar-refractivity contribution in [1.29, 1.82) is 0 Å². The van der Waals surface area contributed by atoms with E-state index in [1.807, 2.05) is 20.8 Å². The van der Waals surface area contributed by atoms with Crippen LogP contribution in [0, 0.1) is 5.92 Å². The van der Waals surface area contributed by atoms with E-state index in [1.165, 1.54) is 0 Å². The molecule has 0 aromatic heterocycles. The number of carboxylic acids is 1. The van der Waals surface area contributed by atoms with Crippen molar-refractivity contribution in [3.63, 3.8) is 0 Å². The summed E-state index contributed by atoms with van der Waals surface area (Å²) in [5.41, 5.74) is 0. The normalized spacial score (nSPS) is 21.8. The van der Waals surface area contributed by atoms with Crippen molar-refractivity contribution >= 4 is 12.0 Å². The Hall–Kier alpha value is -1.30. The van der Waals surface area contributed by atoms with E-state index in [0.717, 1.165) is 0 Å². The predicted molar refractivity (Wildman–Crippen MR) is 66.4 cm³/mol. The predicted octanol–water partition coefficient (Wildman–Crippen LogP) is 0.916. The molecule has 0 radical (unpaired) electrons. The van der Waals surface area contributed by atoms with Gasteiger partial charge < -0.3 is 20.1 Å². The first-order valence-electron chi connectivity index (χ1n) is 6.29. The summed E-state index contributed by atoms with van der Waals surface area (Å²) in [7, 11) is 0. The molecule has 6 heteroatoms. The second kappa shape index (κ2) is 6.58. The number of morpholine rings is 1. The summed E-state index contributed by atoms with van der Waals surface area (Å²) in [6.07, 6.45) is -0.472. The molecule has 6 nitrogen and oxygen atoms in total. The lowest BCUT2D eigenvalue weighted by Crippen LogP contribution is -2.52. The average Bonchev–Trinajstić information content (AvgIpc) is 2.28. The molecule has 2 amide bonds. The number of urea groups is 1. The Morgan fingerprint density at radius 3 is 2.67 bits per heavy atom. The highest BCUT2D eigenvalue weighted by atomic mass is 16.5. The van der Waals surface area contributed by atoms with Crippen LogP contribution >= 0.6 is 0 Å². The molecule has 0 spiro atoms. The second-order valence-corrected chi connectivity index (χ2v) is 5.02. The number of aliphatic carboxylic acids is 1. The minimum atomic E-state index is -0.905. The molecular weight excluding hydrogens is 236 g/mol. The number of amides is 2. The second-order valence-electron chi connectivity index (χ2n) is 5.02. The van der Waals surface area contributed by atoms with Gasteiger partial charge in [0.2, 0.25) is 0 Å². The Morgan fingerprint density at radius 1 is 1.44 bits per heavy atom. The molecule has 2 unspecified atom stereocenters. The van der Waals surface area contributed by atoms with Crippen LogP contribution in [0.4, 0.5) is 4.79 Å². The molecule has 104 valence electrons. The average molecular weight is 258 g/mol. The first-order valence-corrected chi connectivity index (χ1v) is 6.29. The quantitative estimate of drug-likeness (QED) is 0.785. The fourth-order valence-corrected chi connectivity index (χ4v) is 1.67. The highest BCUT2D eigenvalue weighted by Crippen LogP contribution is 2.10. The van der Waals surface area contributed by atoms with Crippen molar-refractivity contribution in [2.24, 2.45) is 5.92 Å². The molecule has 1 fully saturated rings. The van der Waals surface area contributed by atoms with Crippen LogP contribution in [-0.4, -0.2) is 53.8 Å². The summed E-state index contributed by atoms with van der Waals surface area (Å²) >= 11 is 0. The summed E-state index contributed by atoms with van der Waals surface area (Å²) in [6.45, 7) is 7.27. The molecule has 1 heterocycles. The van der Waals surface area contributed by atoms with E-state index in [-0.39, 0.29) is 18.5 Å². The smallest absolute Gasteiger partial charge is 0.317 e. The largest absolute Gasteiger partial charge is 0.481 e. The van der Waals surface area contributed by atoms with Crippen molar-refractivity contribution in [1.82, 2.24) is 10.2 Å². The molecule has 0 aromatic carbocycles. The zero-order valence-corrected chi connectivity index (χ0v) is 11.2. The van der Waals surface area contributed by atoms with Crippen LogP contribution in [0.25, 0.3) is 0 Å². The van der Waals surface area contributed by atoms with Crippen molar-refractivity contribution in [3.8, 4) is 0 Å². The highest BCUT2D eigenvalue weighted by Gasteiger charge is 2.26. The molecule has 2 atom stereocenters. The third-order valence-corrected chi connectivity index (χ3v) is 3.18. The van der Waals surface area contributed by atoms with Crippen LogP contribution in [0.2, 0.25) is 0 Å². The summed E-state index contributed by atoms with van der Waals surface area (Å²) in [5, 5.41) is 11.6. The molecule has 1 aliphatic heterocycles. The maximum atomic E-state index is 12.0. The molecule has 1 rings (SSSR count). The Bertz CT molecular complexity index is 306. The van der Waals surface area contributed by atoms with Gasteiger partial charge in [0.15, 0.2) is 0 Å². The Balaban J connectivity index is 2.45. The van der Waals surface area contributed by atoms with Crippen molar-refractivity contribution in [2.75, 3.05) is 19.7 Å². The van der Waals surface area contributed by atoms with Crippen LogP contribution in [0.3, 0.4) is 0 Å². The number of hydrogen-bond acceptors (Lipinski definition) is 3. The maximum Gasteiger partial charge on any atom is 0.317 e. The third kappa shape index (κ3) is 4.52. The molecule has 0 bridgehead atoms. The van der Waals surface area contributed by atoms with E-state index in [4.69, 9.17) is 9.84 Å². The van der Waals surface area contributed by atoms with E-state index in [9.17, 15) is 9.59 Å².